The van der Waals surface area contributed by atoms with Gasteiger partial charge in [0.25, 0.3) is 0 Å². The van der Waals surface area contributed by atoms with Crippen molar-refractivity contribution in [2.75, 3.05) is 5.32 Å². The van der Waals surface area contributed by atoms with Crippen molar-refractivity contribution in [2.24, 2.45) is 0 Å². The Hall–Kier alpha value is -3.55. The minimum Gasteiger partial charge on any atom is -0.481 e. The largest absolute Gasteiger partial charge is 0.481 e. The van der Waals surface area contributed by atoms with Gasteiger partial charge in [0, 0.05) is 18.1 Å². The van der Waals surface area contributed by atoms with Crippen molar-refractivity contribution in [2.45, 2.75) is 19.8 Å². The Morgan fingerprint density at radius 2 is 2.04 bits per heavy atom. The number of H-pyrrole nitrogens is 1. The number of nitrogens with one attached hydrogen (secondary N) is 2. The number of aliphatic carboxylic acids is 1. The molecular formula is C20H17F2N3O3. The van der Waals surface area contributed by atoms with Gasteiger partial charge in [-0.15, -0.1) is 0 Å². The zero-order valence-electron chi connectivity index (χ0n) is 14.9. The third kappa shape index (κ3) is 4.22. The van der Waals surface area contributed by atoms with Crippen LogP contribution in [0.5, 0.6) is 0 Å². The Bertz CT molecular complexity index is 1090. The Balaban J connectivity index is 1.78. The highest BCUT2D eigenvalue weighted by atomic mass is 19.1. The van der Waals surface area contributed by atoms with Crippen LogP contribution in [-0.2, 0) is 16.0 Å². The van der Waals surface area contributed by atoms with Gasteiger partial charge in [0.1, 0.15) is 5.82 Å². The van der Waals surface area contributed by atoms with Gasteiger partial charge >= 0.3 is 5.97 Å². The number of nitrogens with zero attached hydrogens (tertiary/aromatic N) is 1. The normalized spacial score (nSPS) is 11.2. The van der Waals surface area contributed by atoms with Gasteiger partial charge in [0.05, 0.1) is 16.6 Å². The van der Waals surface area contributed by atoms with Crippen LogP contribution >= 0.6 is 0 Å². The molecule has 0 radical (unpaired) electrons. The lowest BCUT2D eigenvalue weighted by molar-refractivity contribution is -0.136. The second kappa shape index (κ2) is 7.99. The zero-order valence-corrected chi connectivity index (χ0v) is 14.9. The van der Waals surface area contributed by atoms with Crippen molar-refractivity contribution in [1.29, 1.82) is 0 Å². The monoisotopic (exact) mass is 385 g/mol. The fourth-order valence-electron chi connectivity index (χ4n) is 2.80. The van der Waals surface area contributed by atoms with Crippen molar-refractivity contribution in [3.8, 4) is 0 Å². The summed E-state index contributed by atoms with van der Waals surface area (Å²) in [5, 5.41) is 17.9. The van der Waals surface area contributed by atoms with Gasteiger partial charge in [-0.1, -0.05) is 12.1 Å². The van der Waals surface area contributed by atoms with E-state index in [1.807, 2.05) is 0 Å². The van der Waals surface area contributed by atoms with Crippen LogP contribution in [0.1, 0.15) is 23.1 Å². The smallest absolute Gasteiger partial charge is 0.303 e. The molecule has 1 aromatic heterocycles. The van der Waals surface area contributed by atoms with E-state index >= 15 is 0 Å². The zero-order chi connectivity index (χ0) is 20.3. The first kappa shape index (κ1) is 19.2. The Labute approximate surface area is 158 Å². The molecule has 3 aromatic rings. The molecule has 2 aromatic carbocycles. The molecule has 3 rings (SSSR count). The molecule has 1 heterocycles. The molecule has 144 valence electrons. The summed E-state index contributed by atoms with van der Waals surface area (Å²) in [5.41, 5.74) is 2.10. The number of hydrogen-bond acceptors (Lipinski definition) is 3. The van der Waals surface area contributed by atoms with Crippen LogP contribution in [0.4, 0.5) is 14.5 Å². The maximum absolute atomic E-state index is 13.9. The van der Waals surface area contributed by atoms with Gasteiger partial charge in [-0.05, 0) is 48.7 Å². The molecule has 0 saturated heterocycles. The molecule has 8 heteroatoms. The topological polar surface area (TPSA) is 95.1 Å². The summed E-state index contributed by atoms with van der Waals surface area (Å²) >= 11 is 0. The summed E-state index contributed by atoms with van der Waals surface area (Å²) in [6.07, 6.45) is 2.81. The SMILES string of the molecule is Cc1c(F)ccc(CCC(=O)O)c1NC(=O)C=Cc1ccc2c(F)[nH]nc2c1. The molecule has 0 aliphatic heterocycles. The molecule has 0 atom stereocenters. The van der Waals surface area contributed by atoms with Crippen molar-refractivity contribution in [3.63, 3.8) is 0 Å². The lowest BCUT2D eigenvalue weighted by Gasteiger charge is -2.13. The van der Waals surface area contributed by atoms with Gasteiger partial charge in [-0.2, -0.15) is 9.49 Å². The van der Waals surface area contributed by atoms with Crippen molar-refractivity contribution >= 4 is 34.5 Å². The Kier molecular flexibility index (Phi) is 5.49. The summed E-state index contributed by atoms with van der Waals surface area (Å²) in [6, 6.07) is 7.51. The van der Waals surface area contributed by atoms with E-state index in [-0.39, 0.29) is 24.1 Å². The van der Waals surface area contributed by atoms with Crippen LogP contribution in [0.3, 0.4) is 0 Å². The molecule has 1 amide bonds. The summed E-state index contributed by atoms with van der Waals surface area (Å²) in [6.45, 7) is 1.51. The van der Waals surface area contributed by atoms with E-state index in [0.29, 0.717) is 22.0 Å². The average Bonchev–Trinajstić information content (AvgIpc) is 3.03. The standard InChI is InChI=1S/C20H17F2N3O3/c1-11-15(21)7-4-13(5-9-18(27)28)19(11)23-17(26)8-3-12-2-6-14-16(10-12)24-25-20(14)22/h2-4,6-8,10H,5,9H2,1H3,(H,23,26)(H,24,25)(H,27,28). The molecule has 0 aliphatic rings. The number of carbonyl (C=O) groups excluding carboxylic acids is 1. The Morgan fingerprint density at radius 3 is 2.79 bits per heavy atom. The van der Waals surface area contributed by atoms with E-state index < -0.39 is 23.6 Å². The maximum atomic E-state index is 13.9. The quantitative estimate of drug-likeness (QED) is 0.562. The van der Waals surface area contributed by atoms with E-state index in [2.05, 4.69) is 15.5 Å². The number of aromatic nitrogens is 2. The number of benzene rings is 2. The summed E-state index contributed by atoms with van der Waals surface area (Å²) in [7, 11) is 0. The second-order valence-electron chi connectivity index (χ2n) is 6.24. The van der Waals surface area contributed by atoms with Crippen molar-refractivity contribution < 1.29 is 23.5 Å². The number of carboxylic acids is 1. The molecule has 6 nitrogen and oxygen atoms in total. The summed E-state index contributed by atoms with van der Waals surface area (Å²) in [4.78, 5) is 23.1. The first-order valence-corrected chi connectivity index (χ1v) is 8.47. The number of carboxylic acid groups (broad SMARTS) is 1. The molecule has 28 heavy (non-hydrogen) atoms. The number of halogens is 2. The molecule has 0 spiro atoms. The molecule has 0 fully saturated rings. The molecular weight excluding hydrogens is 368 g/mol. The first-order valence-electron chi connectivity index (χ1n) is 8.47. The third-order valence-electron chi connectivity index (χ3n) is 4.30. The van der Waals surface area contributed by atoms with Crippen LogP contribution < -0.4 is 5.32 Å². The number of anilines is 1. The summed E-state index contributed by atoms with van der Waals surface area (Å²) < 4.78 is 27.3. The maximum Gasteiger partial charge on any atom is 0.303 e. The highest BCUT2D eigenvalue weighted by Crippen LogP contribution is 2.25. The van der Waals surface area contributed by atoms with Gasteiger partial charge in [-0.3, -0.25) is 14.7 Å². The van der Waals surface area contributed by atoms with Crippen LogP contribution in [-0.4, -0.2) is 27.2 Å². The number of rotatable bonds is 6. The van der Waals surface area contributed by atoms with Crippen LogP contribution in [0.2, 0.25) is 0 Å². The minimum absolute atomic E-state index is 0.135. The predicted octanol–water partition coefficient (Wildman–Crippen LogP) is 3.82. The lowest BCUT2D eigenvalue weighted by Crippen LogP contribution is -2.12. The first-order chi connectivity index (χ1) is 13.3. The van der Waals surface area contributed by atoms with Gasteiger partial charge in [-0.25, -0.2) is 4.39 Å². The minimum atomic E-state index is -0.982. The van der Waals surface area contributed by atoms with Gasteiger partial charge < -0.3 is 10.4 Å². The van der Waals surface area contributed by atoms with Crippen LogP contribution in [0, 0.1) is 18.7 Å². The van der Waals surface area contributed by atoms with E-state index in [0.717, 1.165) is 0 Å². The fourth-order valence-corrected chi connectivity index (χ4v) is 2.80. The van der Waals surface area contributed by atoms with Crippen molar-refractivity contribution in [3.05, 3.63) is 64.9 Å². The van der Waals surface area contributed by atoms with Gasteiger partial charge in [0.15, 0.2) is 0 Å². The van der Waals surface area contributed by atoms with E-state index in [1.165, 1.54) is 31.2 Å². The fraction of sp³-hybridized carbons (Fsp3) is 0.150. The molecule has 0 bridgehead atoms. The number of aromatic amines is 1. The van der Waals surface area contributed by atoms with E-state index in [4.69, 9.17) is 5.11 Å². The Morgan fingerprint density at radius 1 is 1.25 bits per heavy atom. The molecule has 0 aliphatic carbocycles. The molecule has 3 N–H and O–H groups in total. The highest BCUT2D eigenvalue weighted by molar-refractivity contribution is 6.03. The second-order valence-corrected chi connectivity index (χ2v) is 6.24. The predicted molar refractivity (Wildman–Crippen MR) is 101 cm³/mol. The number of aryl methyl sites for hydroxylation is 1. The number of fused-ring (bicyclic) bond motifs is 1. The lowest BCUT2D eigenvalue weighted by atomic mass is 10.0. The number of carbonyl (C=O) groups is 2. The number of hydrogen-bond donors (Lipinski definition) is 3. The van der Waals surface area contributed by atoms with Crippen LogP contribution in [0.25, 0.3) is 17.0 Å². The third-order valence-corrected chi connectivity index (χ3v) is 4.30. The summed E-state index contributed by atoms with van der Waals surface area (Å²) in [5.74, 6) is -2.51. The average molecular weight is 385 g/mol. The highest BCUT2D eigenvalue weighted by Gasteiger charge is 2.13. The molecule has 0 unspecified atom stereocenters. The molecule has 0 saturated carbocycles. The van der Waals surface area contributed by atoms with E-state index in [9.17, 15) is 18.4 Å². The van der Waals surface area contributed by atoms with Crippen LogP contribution in [0.15, 0.2) is 36.4 Å². The number of amides is 1. The van der Waals surface area contributed by atoms with Crippen molar-refractivity contribution in [1.82, 2.24) is 10.2 Å². The van der Waals surface area contributed by atoms with Gasteiger partial charge in [0.2, 0.25) is 11.9 Å². The van der Waals surface area contributed by atoms with E-state index in [1.54, 1.807) is 18.2 Å².